The molecule has 1 heterocycles. The molecule has 3 heteroatoms. The van der Waals surface area contributed by atoms with Crippen LogP contribution in [0.15, 0.2) is 42.9 Å². The minimum atomic E-state index is 0.960. The van der Waals surface area contributed by atoms with E-state index in [1.54, 1.807) is 6.33 Å². The van der Waals surface area contributed by atoms with Crippen LogP contribution in [0.2, 0.25) is 0 Å². The number of imidazole rings is 1. The third-order valence-corrected chi connectivity index (χ3v) is 3.75. The fourth-order valence-electron chi connectivity index (χ4n) is 2.44. The monoisotopic (exact) mass is 255 g/mol. The first-order valence-electron chi connectivity index (χ1n) is 7.13. The van der Waals surface area contributed by atoms with Gasteiger partial charge in [-0.15, -0.1) is 0 Å². The van der Waals surface area contributed by atoms with E-state index in [0.717, 1.165) is 19.0 Å². The average Bonchev–Trinajstić information content (AvgIpc) is 3.13. The first-order chi connectivity index (χ1) is 9.40. The maximum atomic E-state index is 4.11. The lowest BCUT2D eigenvalue weighted by molar-refractivity contribution is 0.246. The molecule has 1 saturated carbocycles. The van der Waals surface area contributed by atoms with Gasteiger partial charge in [0.25, 0.3) is 0 Å². The highest BCUT2D eigenvalue weighted by molar-refractivity contribution is 5.14. The highest BCUT2D eigenvalue weighted by atomic mass is 15.1. The first kappa shape index (κ1) is 12.4. The fraction of sp³-hybridized carbons (Fsp3) is 0.438. The van der Waals surface area contributed by atoms with Gasteiger partial charge in [-0.1, -0.05) is 43.2 Å². The molecule has 3 rings (SSSR count). The van der Waals surface area contributed by atoms with Crippen molar-refractivity contribution in [3.63, 3.8) is 0 Å². The molecule has 0 amide bonds. The normalized spacial score (nSPS) is 15.0. The molecule has 1 aromatic heterocycles. The van der Waals surface area contributed by atoms with Gasteiger partial charge in [-0.25, -0.2) is 4.98 Å². The Kier molecular flexibility index (Phi) is 3.94. The molecule has 2 aromatic rings. The third-order valence-electron chi connectivity index (χ3n) is 3.75. The van der Waals surface area contributed by atoms with Crippen LogP contribution in [0.25, 0.3) is 0 Å². The molecule has 0 radical (unpaired) electrons. The molecule has 0 atom stereocenters. The zero-order valence-corrected chi connectivity index (χ0v) is 11.3. The van der Waals surface area contributed by atoms with Gasteiger partial charge in [0, 0.05) is 25.0 Å². The number of benzene rings is 1. The van der Waals surface area contributed by atoms with Crippen molar-refractivity contribution in [2.45, 2.75) is 32.4 Å². The summed E-state index contributed by atoms with van der Waals surface area (Å²) in [6.07, 6.45) is 7.89. The maximum Gasteiger partial charge on any atom is 0.0922 e. The molecule has 0 saturated heterocycles. The quantitative estimate of drug-likeness (QED) is 0.824. The molecule has 1 aliphatic rings. The molecule has 19 heavy (non-hydrogen) atoms. The van der Waals surface area contributed by atoms with Crippen LogP contribution in [-0.2, 0) is 13.1 Å². The summed E-state index contributed by atoms with van der Waals surface area (Å²) in [4.78, 5) is 9.83. The van der Waals surface area contributed by atoms with E-state index in [4.69, 9.17) is 0 Å². The molecule has 0 bridgehead atoms. The molecular weight excluding hydrogens is 234 g/mol. The first-order valence-corrected chi connectivity index (χ1v) is 7.13. The van der Waals surface area contributed by atoms with Crippen LogP contribution in [0.4, 0.5) is 0 Å². The van der Waals surface area contributed by atoms with Crippen LogP contribution in [0.5, 0.6) is 0 Å². The van der Waals surface area contributed by atoms with Crippen molar-refractivity contribution >= 4 is 0 Å². The number of aromatic nitrogens is 2. The highest BCUT2D eigenvalue weighted by Crippen LogP contribution is 2.32. The highest BCUT2D eigenvalue weighted by Gasteiger charge is 2.22. The molecule has 1 aliphatic carbocycles. The van der Waals surface area contributed by atoms with E-state index in [9.17, 15) is 0 Å². The summed E-state index contributed by atoms with van der Waals surface area (Å²) in [6, 6.07) is 10.7. The lowest BCUT2D eigenvalue weighted by Gasteiger charge is -2.21. The zero-order chi connectivity index (χ0) is 12.9. The SMILES string of the molecule is c1ccc(CN(CCC2CC2)Cc2cnc[nH]2)cc1. The van der Waals surface area contributed by atoms with Crippen LogP contribution >= 0.6 is 0 Å². The fourth-order valence-corrected chi connectivity index (χ4v) is 2.44. The molecule has 1 N–H and O–H groups in total. The van der Waals surface area contributed by atoms with Gasteiger partial charge in [0.2, 0.25) is 0 Å². The van der Waals surface area contributed by atoms with Crippen molar-refractivity contribution in [3.8, 4) is 0 Å². The van der Waals surface area contributed by atoms with Crippen LogP contribution < -0.4 is 0 Å². The van der Waals surface area contributed by atoms with Crippen LogP contribution in [0, 0.1) is 5.92 Å². The number of nitrogens with one attached hydrogen (secondary N) is 1. The second-order valence-electron chi connectivity index (χ2n) is 5.51. The summed E-state index contributed by atoms with van der Waals surface area (Å²) >= 11 is 0. The van der Waals surface area contributed by atoms with Gasteiger partial charge in [-0.05, 0) is 24.4 Å². The Labute approximate surface area is 114 Å². The van der Waals surface area contributed by atoms with Crippen molar-refractivity contribution in [1.82, 2.24) is 14.9 Å². The number of aromatic amines is 1. The number of H-pyrrole nitrogens is 1. The van der Waals surface area contributed by atoms with Crippen molar-refractivity contribution in [2.24, 2.45) is 5.92 Å². The van der Waals surface area contributed by atoms with Crippen molar-refractivity contribution in [1.29, 1.82) is 0 Å². The van der Waals surface area contributed by atoms with Crippen molar-refractivity contribution in [2.75, 3.05) is 6.54 Å². The summed E-state index contributed by atoms with van der Waals surface area (Å²) in [5.74, 6) is 0.986. The Bertz CT molecular complexity index is 474. The summed E-state index contributed by atoms with van der Waals surface area (Å²) in [5, 5.41) is 0. The van der Waals surface area contributed by atoms with Gasteiger partial charge in [-0.2, -0.15) is 0 Å². The van der Waals surface area contributed by atoms with Crippen molar-refractivity contribution < 1.29 is 0 Å². The standard InChI is InChI=1S/C16H21N3/c1-2-4-15(5-3-1)11-19(9-8-14-6-7-14)12-16-10-17-13-18-16/h1-5,10,13-14H,6-9,11-12H2,(H,17,18). The van der Waals surface area contributed by atoms with Crippen LogP contribution in [0.1, 0.15) is 30.5 Å². The minimum Gasteiger partial charge on any atom is -0.347 e. The second kappa shape index (κ2) is 6.02. The molecule has 1 aromatic carbocycles. The number of hydrogen-bond acceptors (Lipinski definition) is 2. The summed E-state index contributed by atoms with van der Waals surface area (Å²) in [7, 11) is 0. The van der Waals surface area contributed by atoms with E-state index in [1.165, 1.54) is 37.1 Å². The van der Waals surface area contributed by atoms with E-state index >= 15 is 0 Å². The lowest BCUT2D eigenvalue weighted by atomic mass is 10.2. The predicted molar refractivity (Wildman–Crippen MR) is 76.5 cm³/mol. The van der Waals surface area contributed by atoms with Gasteiger partial charge >= 0.3 is 0 Å². The molecule has 0 aliphatic heterocycles. The topological polar surface area (TPSA) is 31.9 Å². The Morgan fingerprint density at radius 1 is 1.16 bits per heavy atom. The average molecular weight is 255 g/mol. The Hall–Kier alpha value is -1.61. The largest absolute Gasteiger partial charge is 0.347 e. The van der Waals surface area contributed by atoms with Gasteiger partial charge in [0.1, 0.15) is 0 Å². The van der Waals surface area contributed by atoms with Crippen LogP contribution in [-0.4, -0.2) is 21.4 Å². The predicted octanol–water partition coefficient (Wildman–Crippen LogP) is 3.21. The summed E-state index contributed by atoms with van der Waals surface area (Å²) < 4.78 is 0. The van der Waals surface area contributed by atoms with Gasteiger partial charge in [0.15, 0.2) is 0 Å². The van der Waals surface area contributed by atoms with E-state index in [0.29, 0.717) is 0 Å². The number of rotatable bonds is 7. The molecule has 1 fully saturated rings. The van der Waals surface area contributed by atoms with Crippen LogP contribution in [0.3, 0.4) is 0 Å². The maximum absolute atomic E-state index is 4.11. The molecular formula is C16H21N3. The van der Waals surface area contributed by atoms with E-state index in [2.05, 4.69) is 45.2 Å². The smallest absolute Gasteiger partial charge is 0.0922 e. The Balaban J connectivity index is 1.60. The molecule has 0 unspecified atom stereocenters. The summed E-state index contributed by atoms with van der Waals surface area (Å²) in [6.45, 7) is 3.16. The molecule has 3 nitrogen and oxygen atoms in total. The number of hydrogen-bond donors (Lipinski definition) is 1. The van der Waals surface area contributed by atoms with E-state index in [1.807, 2.05) is 6.20 Å². The van der Waals surface area contributed by atoms with E-state index in [-0.39, 0.29) is 0 Å². The van der Waals surface area contributed by atoms with Gasteiger partial charge in [0.05, 0.1) is 6.33 Å². The molecule has 0 spiro atoms. The molecule has 100 valence electrons. The van der Waals surface area contributed by atoms with Crippen molar-refractivity contribution in [3.05, 3.63) is 54.1 Å². The van der Waals surface area contributed by atoms with Gasteiger partial charge in [-0.3, -0.25) is 4.90 Å². The Morgan fingerprint density at radius 3 is 2.68 bits per heavy atom. The zero-order valence-electron chi connectivity index (χ0n) is 11.3. The van der Waals surface area contributed by atoms with E-state index < -0.39 is 0 Å². The second-order valence-corrected chi connectivity index (χ2v) is 5.51. The lowest BCUT2D eigenvalue weighted by Crippen LogP contribution is -2.24. The third kappa shape index (κ3) is 3.93. The minimum absolute atomic E-state index is 0.960. The Morgan fingerprint density at radius 2 is 2.00 bits per heavy atom. The van der Waals surface area contributed by atoms with Gasteiger partial charge < -0.3 is 4.98 Å². The summed E-state index contributed by atoms with van der Waals surface area (Å²) in [5.41, 5.74) is 2.59. The number of nitrogens with zero attached hydrogens (tertiary/aromatic N) is 2.